The van der Waals surface area contributed by atoms with Gasteiger partial charge in [0.05, 0.1) is 17.6 Å². The van der Waals surface area contributed by atoms with Gasteiger partial charge in [-0.3, -0.25) is 9.69 Å². The standard InChI is InChI=1S/C27H27N5O2S/c1-19-24(31-34-30-19)16-29-27(33)25-15-23(35-26-9-5-6-14-28-26)18-32(25)17-20-10-12-22(13-11-20)21-7-3-2-4-8-21/h2-14,23,25H,15-18H2,1H3,(H,29,33)/t23-,25-/m0/s1. The minimum atomic E-state index is -0.231. The number of aromatic nitrogens is 3. The predicted octanol–water partition coefficient (Wildman–Crippen LogP) is 4.49. The molecule has 5 rings (SSSR count). The molecular formula is C27H27N5O2S. The highest BCUT2D eigenvalue weighted by atomic mass is 32.2. The van der Waals surface area contributed by atoms with E-state index < -0.39 is 0 Å². The molecule has 0 saturated carbocycles. The molecule has 0 aliphatic carbocycles. The molecule has 3 heterocycles. The van der Waals surface area contributed by atoms with E-state index in [1.165, 1.54) is 16.7 Å². The van der Waals surface area contributed by atoms with Gasteiger partial charge in [-0.05, 0) is 42.2 Å². The van der Waals surface area contributed by atoms with Gasteiger partial charge in [0.25, 0.3) is 0 Å². The second kappa shape index (κ2) is 10.8. The SMILES string of the molecule is Cc1nonc1CNC(=O)[C@@H]1C[C@H](Sc2ccccn2)CN1Cc1ccc(-c2ccccc2)cc1. The Balaban J connectivity index is 1.29. The first-order valence-electron chi connectivity index (χ1n) is 11.7. The van der Waals surface area contributed by atoms with Gasteiger partial charge in [-0.15, -0.1) is 11.8 Å². The summed E-state index contributed by atoms with van der Waals surface area (Å²) in [5.74, 6) is -0.00238. The minimum Gasteiger partial charge on any atom is -0.349 e. The Kier molecular flexibility index (Phi) is 7.20. The molecule has 0 unspecified atom stereocenters. The van der Waals surface area contributed by atoms with Gasteiger partial charge in [0.15, 0.2) is 0 Å². The summed E-state index contributed by atoms with van der Waals surface area (Å²) in [5.41, 5.74) is 4.91. The van der Waals surface area contributed by atoms with Crippen molar-refractivity contribution < 1.29 is 9.42 Å². The molecule has 1 fully saturated rings. The van der Waals surface area contributed by atoms with E-state index in [-0.39, 0.29) is 17.2 Å². The Labute approximate surface area is 208 Å². The van der Waals surface area contributed by atoms with Crippen molar-refractivity contribution in [2.45, 2.75) is 42.8 Å². The fraction of sp³-hybridized carbons (Fsp3) is 0.259. The largest absolute Gasteiger partial charge is 0.349 e. The average molecular weight is 486 g/mol. The zero-order valence-electron chi connectivity index (χ0n) is 19.5. The van der Waals surface area contributed by atoms with Crippen LogP contribution in [0.25, 0.3) is 11.1 Å². The molecule has 1 aliphatic rings. The zero-order chi connectivity index (χ0) is 24.0. The lowest BCUT2D eigenvalue weighted by Gasteiger charge is -2.23. The molecule has 1 aliphatic heterocycles. The molecule has 4 aromatic rings. The Bertz CT molecular complexity index is 1250. The van der Waals surface area contributed by atoms with E-state index in [1.54, 1.807) is 11.8 Å². The average Bonchev–Trinajstić information content (AvgIpc) is 3.49. The van der Waals surface area contributed by atoms with Gasteiger partial charge in [-0.2, -0.15) is 0 Å². The fourth-order valence-electron chi connectivity index (χ4n) is 4.35. The number of hydrogen-bond acceptors (Lipinski definition) is 7. The van der Waals surface area contributed by atoms with Crippen molar-refractivity contribution in [3.8, 4) is 11.1 Å². The number of nitrogens with one attached hydrogen (secondary N) is 1. The Morgan fingerprint density at radius 2 is 1.80 bits per heavy atom. The second-order valence-electron chi connectivity index (χ2n) is 8.67. The lowest BCUT2D eigenvalue weighted by Crippen LogP contribution is -2.42. The number of likely N-dealkylation sites (tertiary alicyclic amines) is 1. The predicted molar refractivity (Wildman–Crippen MR) is 135 cm³/mol. The van der Waals surface area contributed by atoms with Crippen LogP contribution in [0, 0.1) is 6.92 Å². The summed E-state index contributed by atoms with van der Waals surface area (Å²) in [7, 11) is 0. The van der Waals surface area contributed by atoms with Crippen molar-refractivity contribution in [1.29, 1.82) is 0 Å². The molecule has 0 radical (unpaired) electrons. The van der Waals surface area contributed by atoms with E-state index in [1.807, 2.05) is 49.5 Å². The lowest BCUT2D eigenvalue weighted by molar-refractivity contribution is -0.125. The van der Waals surface area contributed by atoms with Gasteiger partial charge >= 0.3 is 0 Å². The van der Waals surface area contributed by atoms with Gasteiger partial charge < -0.3 is 5.32 Å². The highest BCUT2D eigenvalue weighted by molar-refractivity contribution is 7.99. The summed E-state index contributed by atoms with van der Waals surface area (Å²) in [6.07, 6.45) is 2.56. The summed E-state index contributed by atoms with van der Waals surface area (Å²) >= 11 is 1.73. The van der Waals surface area contributed by atoms with Gasteiger partial charge in [-0.1, -0.05) is 71.0 Å². The summed E-state index contributed by atoms with van der Waals surface area (Å²) < 4.78 is 4.76. The number of amides is 1. The van der Waals surface area contributed by atoms with Gasteiger partial charge in [0, 0.05) is 24.5 Å². The van der Waals surface area contributed by atoms with E-state index >= 15 is 0 Å². The topological polar surface area (TPSA) is 84.2 Å². The van der Waals surface area contributed by atoms with Gasteiger partial charge in [0.2, 0.25) is 5.91 Å². The van der Waals surface area contributed by atoms with Crippen LogP contribution < -0.4 is 5.32 Å². The van der Waals surface area contributed by atoms with Crippen molar-refractivity contribution in [2.75, 3.05) is 6.54 Å². The van der Waals surface area contributed by atoms with Crippen LogP contribution in [0.2, 0.25) is 0 Å². The summed E-state index contributed by atoms with van der Waals surface area (Å²) in [6.45, 7) is 3.64. The molecule has 2 atom stereocenters. The third-order valence-corrected chi connectivity index (χ3v) is 7.37. The summed E-state index contributed by atoms with van der Waals surface area (Å²) in [5, 5.41) is 12.0. The molecule has 1 saturated heterocycles. The molecule has 35 heavy (non-hydrogen) atoms. The molecule has 0 spiro atoms. The molecule has 178 valence electrons. The summed E-state index contributed by atoms with van der Waals surface area (Å²) in [6, 6.07) is 24.7. The van der Waals surface area contributed by atoms with Crippen LogP contribution in [-0.4, -0.2) is 43.9 Å². The van der Waals surface area contributed by atoms with E-state index in [9.17, 15) is 4.79 Å². The molecular weight excluding hydrogens is 458 g/mol. The van der Waals surface area contributed by atoms with E-state index in [0.29, 0.717) is 24.5 Å². The first kappa shape index (κ1) is 23.3. The zero-order valence-corrected chi connectivity index (χ0v) is 20.3. The van der Waals surface area contributed by atoms with Crippen LogP contribution in [0.15, 0.2) is 88.6 Å². The van der Waals surface area contributed by atoms with Crippen LogP contribution in [0.1, 0.15) is 23.4 Å². The maximum absolute atomic E-state index is 13.2. The van der Waals surface area contributed by atoms with E-state index in [4.69, 9.17) is 4.63 Å². The number of nitrogens with zero attached hydrogens (tertiary/aromatic N) is 4. The summed E-state index contributed by atoms with van der Waals surface area (Å²) in [4.78, 5) is 20.0. The number of rotatable bonds is 8. The fourth-order valence-corrected chi connectivity index (χ4v) is 5.51. The van der Waals surface area contributed by atoms with Crippen LogP contribution in [0.5, 0.6) is 0 Å². The number of hydrogen-bond donors (Lipinski definition) is 1. The van der Waals surface area contributed by atoms with Crippen molar-refractivity contribution in [3.63, 3.8) is 0 Å². The molecule has 2 aromatic carbocycles. The van der Waals surface area contributed by atoms with Gasteiger partial charge in [0.1, 0.15) is 11.4 Å². The van der Waals surface area contributed by atoms with Crippen LogP contribution in [0.3, 0.4) is 0 Å². The van der Waals surface area contributed by atoms with Crippen molar-refractivity contribution in [1.82, 2.24) is 25.5 Å². The maximum Gasteiger partial charge on any atom is 0.237 e. The number of aryl methyl sites for hydroxylation is 1. The molecule has 1 amide bonds. The third kappa shape index (κ3) is 5.78. The Hall–Kier alpha value is -3.49. The molecule has 8 heteroatoms. The lowest BCUT2D eigenvalue weighted by atomic mass is 10.0. The number of carbonyl (C=O) groups excluding carboxylic acids is 1. The normalized spacial score (nSPS) is 18.0. The highest BCUT2D eigenvalue weighted by Crippen LogP contribution is 2.33. The highest BCUT2D eigenvalue weighted by Gasteiger charge is 2.37. The minimum absolute atomic E-state index is 0.00238. The molecule has 7 nitrogen and oxygen atoms in total. The maximum atomic E-state index is 13.2. The molecule has 2 aromatic heterocycles. The first-order valence-corrected chi connectivity index (χ1v) is 12.6. The van der Waals surface area contributed by atoms with Crippen LogP contribution >= 0.6 is 11.8 Å². The van der Waals surface area contributed by atoms with Crippen LogP contribution in [-0.2, 0) is 17.9 Å². The van der Waals surface area contributed by atoms with E-state index in [0.717, 1.165) is 18.0 Å². The van der Waals surface area contributed by atoms with Crippen molar-refractivity contribution >= 4 is 17.7 Å². The number of thioether (sulfide) groups is 1. The van der Waals surface area contributed by atoms with E-state index in [2.05, 4.69) is 61.9 Å². The quantitative estimate of drug-likeness (QED) is 0.394. The number of carbonyl (C=O) groups is 1. The van der Waals surface area contributed by atoms with Crippen LogP contribution in [0.4, 0.5) is 0 Å². The second-order valence-corrected chi connectivity index (χ2v) is 9.99. The smallest absolute Gasteiger partial charge is 0.237 e. The van der Waals surface area contributed by atoms with Crippen molar-refractivity contribution in [3.05, 3.63) is 95.9 Å². The monoisotopic (exact) mass is 485 g/mol. The third-order valence-electron chi connectivity index (χ3n) is 6.22. The molecule has 1 N–H and O–H groups in total. The molecule has 0 bridgehead atoms. The number of pyridine rings is 1. The number of benzene rings is 2. The first-order chi connectivity index (χ1) is 17.2. The van der Waals surface area contributed by atoms with Crippen molar-refractivity contribution in [2.24, 2.45) is 0 Å². The Morgan fingerprint density at radius 1 is 1.03 bits per heavy atom. The Morgan fingerprint density at radius 3 is 2.51 bits per heavy atom. The van der Waals surface area contributed by atoms with Gasteiger partial charge in [-0.25, -0.2) is 9.61 Å².